The summed E-state index contributed by atoms with van der Waals surface area (Å²) in [6, 6.07) is 11.1. The van der Waals surface area contributed by atoms with E-state index in [9.17, 15) is 21.6 Å². The Balaban J connectivity index is 1.79. The molecule has 0 atom stereocenters. The second kappa shape index (κ2) is 7.41. The van der Waals surface area contributed by atoms with Crippen molar-refractivity contribution in [1.29, 1.82) is 0 Å². The van der Waals surface area contributed by atoms with Gasteiger partial charge in [0.1, 0.15) is 16.3 Å². The van der Waals surface area contributed by atoms with Crippen molar-refractivity contribution in [2.24, 2.45) is 0 Å². The Hall–Kier alpha value is -2.85. The maximum Gasteiger partial charge on any atom is 0.573 e. The SMILES string of the molecule is O=S(=O)(NCc1ccnc(-c2ccco2)c1)c1ccccc1OC(F)(F)F. The molecule has 142 valence electrons. The first-order valence-electron chi connectivity index (χ1n) is 7.58. The molecular weight excluding hydrogens is 385 g/mol. The van der Waals surface area contributed by atoms with Crippen molar-refractivity contribution in [2.45, 2.75) is 17.8 Å². The quantitative estimate of drug-likeness (QED) is 0.685. The minimum Gasteiger partial charge on any atom is -0.463 e. The van der Waals surface area contributed by atoms with Crippen molar-refractivity contribution >= 4 is 10.0 Å². The Bertz CT molecular complexity index is 1020. The van der Waals surface area contributed by atoms with Gasteiger partial charge in [-0.25, -0.2) is 13.1 Å². The average Bonchev–Trinajstić information content (AvgIpc) is 3.14. The second-order valence-corrected chi connectivity index (χ2v) is 7.08. The molecule has 3 aromatic rings. The van der Waals surface area contributed by atoms with Crippen LogP contribution in [0.4, 0.5) is 13.2 Å². The van der Waals surface area contributed by atoms with Crippen molar-refractivity contribution in [2.75, 3.05) is 0 Å². The van der Waals surface area contributed by atoms with Crippen LogP contribution in [0.25, 0.3) is 11.5 Å². The van der Waals surface area contributed by atoms with Crippen molar-refractivity contribution in [3.63, 3.8) is 0 Å². The van der Waals surface area contributed by atoms with Gasteiger partial charge >= 0.3 is 6.36 Å². The van der Waals surface area contributed by atoms with E-state index in [2.05, 4.69) is 14.4 Å². The molecule has 0 aliphatic rings. The molecule has 27 heavy (non-hydrogen) atoms. The lowest BCUT2D eigenvalue weighted by Gasteiger charge is -2.14. The number of halogens is 3. The van der Waals surface area contributed by atoms with Gasteiger partial charge in [-0.1, -0.05) is 12.1 Å². The van der Waals surface area contributed by atoms with Crippen molar-refractivity contribution < 1.29 is 30.7 Å². The summed E-state index contributed by atoms with van der Waals surface area (Å²) in [6.45, 7) is -0.154. The number of hydrogen-bond acceptors (Lipinski definition) is 5. The molecule has 6 nitrogen and oxygen atoms in total. The molecule has 0 saturated carbocycles. The van der Waals surface area contributed by atoms with E-state index in [-0.39, 0.29) is 6.54 Å². The number of nitrogens with zero attached hydrogens (tertiary/aromatic N) is 1. The molecule has 0 saturated heterocycles. The first-order valence-corrected chi connectivity index (χ1v) is 9.06. The first-order chi connectivity index (χ1) is 12.7. The fourth-order valence-corrected chi connectivity index (χ4v) is 3.43. The molecule has 0 fully saturated rings. The topological polar surface area (TPSA) is 81.4 Å². The summed E-state index contributed by atoms with van der Waals surface area (Å²) >= 11 is 0. The number of ether oxygens (including phenoxy) is 1. The van der Waals surface area contributed by atoms with Crippen LogP contribution in [0.2, 0.25) is 0 Å². The van der Waals surface area contributed by atoms with E-state index in [1.165, 1.54) is 24.6 Å². The number of sulfonamides is 1. The minimum atomic E-state index is -5.01. The van der Waals surface area contributed by atoms with Crippen LogP contribution in [-0.2, 0) is 16.6 Å². The monoisotopic (exact) mass is 398 g/mol. The summed E-state index contributed by atoms with van der Waals surface area (Å²) in [4.78, 5) is 3.51. The number of hydrogen-bond donors (Lipinski definition) is 1. The van der Waals surface area contributed by atoms with Gasteiger partial charge in [0.2, 0.25) is 10.0 Å². The third-order valence-corrected chi connectivity index (χ3v) is 4.87. The van der Waals surface area contributed by atoms with E-state index in [1.807, 2.05) is 0 Å². The minimum absolute atomic E-state index is 0.154. The van der Waals surface area contributed by atoms with Gasteiger partial charge in [0.05, 0.1) is 6.26 Å². The van der Waals surface area contributed by atoms with Gasteiger partial charge in [0.25, 0.3) is 0 Å². The Morgan fingerprint density at radius 3 is 2.59 bits per heavy atom. The zero-order chi connectivity index (χ0) is 19.5. The molecule has 2 heterocycles. The Kier molecular flexibility index (Phi) is 5.19. The van der Waals surface area contributed by atoms with Gasteiger partial charge in [-0.05, 0) is 42.0 Å². The van der Waals surface area contributed by atoms with Gasteiger partial charge in [-0.2, -0.15) is 0 Å². The van der Waals surface area contributed by atoms with Gasteiger partial charge < -0.3 is 9.15 Å². The zero-order valence-electron chi connectivity index (χ0n) is 13.6. The molecule has 1 aromatic carbocycles. The Morgan fingerprint density at radius 2 is 1.89 bits per heavy atom. The van der Waals surface area contributed by atoms with Crippen LogP contribution in [0.15, 0.2) is 70.3 Å². The maximum atomic E-state index is 12.5. The number of benzene rings is 1. The standard InChI is InChI=1S/C17H13F3N2O4S/c18-17(19,20)26-15-4-1-2-6-16(15)27(23,24)22-11-12-7-8-21-13(10-12)14-5-3-9-25-14/h1-10,22H,11H2. The highest BCUT2D eigenvalue weighted by molar-refractivity contribution is 7.89. The van der Waals surface area contributed by atoms with Crippen LogP contribution in [0.1, 0.15) is 5.56 Å². The molecule has 0 amide bonds. The molecule has 10 heteroatoms. The van der Waals surface area contributed by atoms with E-state index >= 15 is 0 Å². The Morgan fingerprint density at radius 1 is 1.11 bits per heavy atom. The molecule has 0 aliphatic carbocycles. The third-order valence-electron chi connectivity index (χ3n) is 3.43. The molecule has 3 rings (SSSR count). The summed E-state index contributed by atoms with van der Waals surface area (Å²) in [6.07, 6.45) is -2.05. The lowest BCUT2D eigenvalue weighted by Crippen LogP contribution is -2.25. The van der Waals surface area contributed by atoms with E-state index < -0.39 is 27.0 Å². The van der Waals surface area contributed by atoms with Crippen LogP contribution in [0.5, 0.6) is 5.75 Å². The molecule has 0 radical (unpaired) electrons. The van der Waals surface area contributed by atoms with E-state index in [1.54, 1.807) is 24.3 Å². The molecule has 0 bridgehead atoms. The largest absolute Gasteiger partial charge is 0.573 e. The molecule has 0 spiro atoms. The number of pyridine rings is 1. The van der Waals surface area contributed by atoms with Crippen LogP contribution in [0.3, 0.4) is 0 Å². The molecule has 2 aromatic heterocycles. The van der Waals surface area contributed by atoms with Gasteiger partial charge in [-0.3, -0.25) is 4.98 Å². The van der Waals surface area contributed by atoms with Crippen molar-refractivity contribution in [1.82, 2.24) is 9.71 Å². The van der Waals surface area contributed by atoms with Crippen LogP contribution < -0.4 is 9.46 Å². The maximum absolute atomic E-state index is 12.5. The number of para-hydroxylation sites is 1. The highest BCUT2D eigenvalue weighted by Gasteiger charge is 2.33. The van der Waals surface area contributed by atoms with E-state index in [0.29, 0.717) is 17.0 Å². The van der Waals surface area contributed by atoms with E-state index in [0.717, 1.165) is 12.1 Å². The lowest BCUT2D eigenvalue weighted by atomic mass is 10.2. The summed E-state index contributed by atoms with van der Waals surface area (Å²) in [5, 5.41) is 0. The second-order valence-electron chi connectivity index (χ2n) is 5.35. The molecule has 1 N–H and O–H groups in total. The van der Waals surface area contributed by atoms with Crippen LogP contribution >= 0.6 is 0 Å². The van der Waals surface area contributed by atoms with Gasteiger partial charge in [-0.15, -0.1) is 13.2 Å². The molecule has 0 aliphatic heterocycles. The van der Waals surface area contributed by atoms with E-state index in [4.69, 9.17) is 4.42 Å². The predicted octanol–water partition coefficient (Wildman–Crippen LogP) is 3.72. The van der Waals surface area contributed by atoms with Crippen LogP contribution in [-0.4, -0.2) is 19.8 Å². The summed E-state index contributed by atoms with van der Waals surface area (Å²) < 4.78 is 73.6. The summed E-state index contributed by atoms with van der Waals surface area (Å²) in [5.74, 6) is -0.299. The normalized spacial score (nSPS) is 12.1. The first kappa shape index (κ1) is 18.9. The zero-order valence-corrected chi connectivity index (χ0v) is 14.4. The fourth-order valence-electron chi connectivity index (χ4n) is 2.28. The average molecular weight is 398 g/mol. The van der Waals surface area contributed by atoms with Crippen molar-refractivity contribution in [3.05, 3.63) is 66.6 Å². The number of nitrogens with one attached hydrogen (secondary N) is 1. The Labute approximate surface area is 152 Å². The highest BCUT2D eigenvalue weighted by atomic mass is 32.2. The predicted molar refractivity (Wildman–Crippen MR) is 89.1 cm³/mol. The van der Waals surface area contributed by atoms with Crippen molar-refractivity contribution in [3.8, 4) is 17.2 Å². The fraction of sp³-hybridized carbons (Fsp3) is 0.118. The summed E-state index contributed by atoms with van der Waals surface area (Å²) in [7, 11) is -4.25. The molecule has 0 unspecified atom stereocenters. The number of alkyl halides is 3. The van der Waals surface area contributed by atoms with Crippen LogP contribution in [0, 0.1) is 0 Å². The molecular formula is C17H13F3N2O4S. The highest BCUT2D eigenvalue weighted by Crippen LogP contribution is 2.29. The number of rotatable bonds is 6. The lowest BCUT2D eigenvalue weighted by molar-refractivity contribution is -0.275. The summed E-state index contributed by atoms with van der Waals surface area (Å²) in [5.41, 5.74) is 1.05. The third kappa shape index (κ3) is 4.86. The smallest absolute Gasteiger partial charge is 0.463 e. The van der Waals surface area contributed by atoms with Gasteiger partial charge in [0.15, 0.2) is 5.76 Å². The number of furan rings is 1. The number of aromatic nitrogens is 1. The van der Waals surface area contributed by atoms with Gasteiger partial charge in [0, 0.05) is 12.7 Å².